The van der Waals surface area contributed by atoms with Crippen molar-refractivity contribution in [2.45, 2.75) is 57.6 Å². The molecule has 0 fully saturated rings. The van der Waals surface area contributed by atoms with E-state index in [-0.39, 0.29) is 12.8 Å². The third kappa shape index (κ3) is 15.4. The molecule has 5 heteroatoms. The zero-order chi connectivity index (χ0) is 20.2. The lowest BCUT2D eigenvalue weighted by molar-refractivity contribution is -0.533. The van der Waals surface area contributed by atoms with Crippen LogP contribution in [-0.2, 0) is 4.79 Å². The van der Waals surface area contributed by atoms with Gasteiger partial charge in [-0.2, -0.15) is 0 Å². The monoisotopic (exact) mass is 373 g/mol. The third-order valence-electron chi connectivity index (χ3n) is 3.59. The first-order chi connectivity index (χ1) is 13.1. The molecule has 0 saturated heterocycles. The SMILES string of the molecule is CC/C=C\CC(C(O)C\C=C/C=C\C=C/C=C\C/C=C\CCC=O)[N+](=O)[O-]. The van der Waals surface area contributed by atoms with Crippen molar-refractivity contribution in [2.24, 2.45) is 0 Å². The topological polar surface area (TPSA) is 80.4 Å². The molecule has 5 nitrogen and oxygen atoms in total. The molecule has 0 aliphatic rings. The van der Waals surface area contributed by atoms with Crippen LogP contribution in [0.5, 0.6) is 0 Å². The van der Waals surface area contributed by atoms with E-state index in [2.05, 4.69) is 0 Å². The van der Waals surface area contributed by atoms with Crippen molar-refractivity contribution < 1.29 is 14.8 Å². The number of carbonyl (C=O) groups excluding carboxylic acids is 1. The molecule has 27 heavy (non-hydrogen) atoms. The third-order valence-corrected chi connectivity index (χ3v) is 3.59. The highest BCUT2D eigenvalue weighted by Gasteiger charge is 2.27. The van der Waals surface area contributed by atoms with Gasteiger partial charge in [0.25, 0.3) is 0 Å². The Morgan fingerprint density at radius 3 is 2.15 bits per heavy atom. The number of aliphatic hydroxyl groups excluding tert-OH is 1. The van der Waals surface area contributed by atoms with Crippen LogP contribution >= 0.6 is 0 Å². The van der Waals surface area contributed by atoms with Gasteiger partial charge in [-0.1, -0.05) is 79.8 Å². The summed E-state index contributed by atoms with van der Waals surface area (Å²) in [4.78, 5) is 20.7. The van der Waals surface area contributed by atoms with E-state index >= 15 is 0 Å². The summed E-state index contributed by atoms with van der Waals surface area (Å²) in [6, 6.07) is -0.973. The molecule has 2 atom stereocenters. The Morgan fingerprint density at radius 2 is 1.52 bits per heavy atom. The molecule has 1 N–H and O–H groups in total. The first-order valence-corrected chi connectivity index (χ1v) is 9.33. The lowest BCUT2D eigenvalue weighted by Crippen LogP contribution is -2.32. The molecule has 0 saturated carbocycles. The van der Waals surface area contributed by atoms with E-state index in [0.717, 1.165) is 25.5 Å². The second-order valence-electron chi connectivity index (χ2n) is 5.85. The highest BCUT2D eigenvalue weighted by Crippen LogP contribution is 2.09. The highest BCUT2D eigenvalue weighted by atomic mass is 16.6. The summed E-state index contributed by atoms with van der Waals surface area (Å²) < 4.78 is 0. The molecule has 0 radical (unpaired) electrons. The summed E-state index contributed by atoms with van der Waals surface area (Å²) in [6.07, 6.45) is 25.9. The van der Waals surface area contributed by atoms with Gasteiger partial charge in [0.1, 0.15) is 12.4 Å². The normalized spacial score (nSPS) is 15.2. The largest absolute Gasteiger partial charge is 0.386 e. The molecule has 0 aromatic carbocycles. The Hall–Kier alpha value is -2.53. The Balaban J connectivity index is 4.11. The van der Waals surface area contributed by atoms with Gasteiger partial charge in [-0.15, -0.1) is 0 Å². The Morgan fingerprint density at radius 1 is 0.852 bits per heavy atom. The lowest BCUT2D eigenvalue weighted by atomic mass is 10.0. The number of carbonyl (C=O) groups is 1. The van der Waals surface area contributed by atoms with E-state index in [0.29, 0.717) is 6.42 Å². The van der Waals surface area contributed by atoms with Crippen molar-refractivity contribution in [2.75, 3.05) is 0 Å². The maximum Gasteiger partial charge on any atom is 0.242 e. The van der Waals surface area contributed by atoms with Crippen LogP contribution in [0.4, 0.5) is 0 Å². The van der Waals surface area contributed by atoms with Gasteiger partial charge < -0.3 is 9.90 Å². The molecule has 2 unspecified atom stereocenters. The fourth-order valence-corrected chi connectivity index (χ4v) is 2.11. The van der Waals surface area contributed by atoms with Crippen LogP contribution in [0.25, 0.3) is 0 Å². The number of nitro groups is 1. The second-order valence-corrected chi connectivity index (χ2v) is 5.85. The summed E-state index contributed by atoms with van der Waals surface area (Å²) in [5.74, 6) is 0. The predicted molar refractivity (Wildman–Crippen MR) is 111 cm³/mol. The maximum absolute atomic E-state index is 11.0. The molecule has 0 bridgehead atoms. The molecular formula is C22H31NO4. The average molecular weight is 373 g/mol. The van der Waals surface area contributed by atoms with Crippen LogP contribution in [0.1, 0.15) is 45.4 Å². The first kappa shape index (κ1) is 24.5. The molecule has 0 amide bonds. The zero-order valence-corrected chi connectivity index (χ0v) is 16.0. The van der Waals surface area contributed by atoms with E-state index in [1.807, 2.05) is 61.6 Å². The smallest absolute Gasteiger partial charge is 0.242 e. The number of hydrogen-bond acceptors (Lipinski definition) is 4. The van der Waals surface area contributed by atoms with Crippen molar-refractivity contribution in [1.82, 2.24) is 0 Å². The van der Waals surface area contributed by atoms with Crippen LogP contribution in [0.2, 0.25) is 0 Å². The standard InChI is InChI=1S/C22H31NO4/c1-2-3-15-18-21(23(26)27)22(25)19-16-13-11-9-7-5-4-6-8-10-12-14-17-20-24/h3-7,9-13,15-16,20-22,25H,2,8,14,17-19H2,1H3/b6-4-,7-5-,11-9-,12-10-,15-3-,16-13-. The van der Waals surface area contributed by atoms with Crippen molar-refractivity contribution >= 4 is 6.29 Å². The molecule has 0 aromatic heterocycles. The summed E-state index contributed by atoms with van der Waals surface area (Å²) in [5.41, 5.74) is 0. The van der Waals surface area contributed by atoms with Crippen LogP contribution in [0.15, 0.2) is 72.9 Å². The predicted octanol–water partition coefficient (Wildman–Crippen LogP) is 4.89. The van der Waals surface area contributed by atoms with Crippen LogP contribution in [0, 0.1) is 10.1 Å². The van der Waals surface area contributed by atoms with Gasteiger partial charge in [0.15, 0.2) is 0 Å². The minimum atomic E-state index is -0.996. The number of aliphatic hydroxyl groups is 1. The quantitative estimate of drug-likeness (QED) is 0.111. The fraction of sp³-hybridized carbons (Fsp3) is 0.409. The Bertz CT molecular complexity index is 571. The summed E-state index contributed by atoms with van der Waals surface area (Å²) >= 11 is 0. The second kappa shape index (κ2) is 18.3. The van der Waals surface area contributed by atoms with E-state index in [9.17, 15) is 20.0 Å². The van der Waals surface area contributed by atoms with Crippen molar-refractivity contribution in [3.05, 3.63) is 83.0 Å². The summed E-state index contributed by atoms with van der Waals surface area (Å²) in [5, 5.41) is 21.0. The van der Waals surface area contributed by atoms with Gasteiger partial charge in [0, 0.05) is 17.8 Å². The number of unbranched alkanes of at least 4 members (excludes halogenated alkanes) is 1. The fourth-order valence-electron chi connectivity index (χ4n) is 2.11. The van der Waals surface area contributed by atoms with Crippen molar-refractivity contribution in [1.29, 1.82) is 0 Å². The van der Waals surface area contributed by atoms with E-state index in [4.69, 9.17) is 0 Å². The molecule has 0 aliphatic heterocycles. The van der Waals surface area contributed by atoms with Gasteiger partial charge in [-0.3, -0.25) is 10.1 Å². The van der Waals surface area contributed by atoms with Gasteiger partial charge >= 0.3 is 0 Å². The highest BCUT2D eigenvalue weighted by molar-refractivity contribution is 5.49. The summed E-state index contributed by atoms with van der Waals surface area (Å²) in [7, 11) is 0. The van der Waals surface area contributed by atoms with E-state index < -0.39 is 17.1 Å². The molecule has 0 heterocycles. The average Bonchev–Trinajstić information content (AvgIpc) is 2.65. The number of nitrogens with zero attached hydrogens (tertiary/aromatic N) is 1. The van der Waals surface area contributed by atoms with Gasteiger partial charge in [0.2, 0.25) is 6.04 Å². The molecule has 0 spiro atoms. The molecular weight excluding hydrogens is 342 g/mol. The molecule has 0 aliphatic carbocycles. The minimum absolute atomic E-state index is 0.243. The van der Waals surface area contributed by atoms with Crippen LogP contribution in [-0.4, -0.2) is 28.5 Å². The first-order valence-electron chi connectivity index (χ1n) is 9.33. The Kier molecular flexibility index (Phi) is 16.6. The zero-order valence-electron chi connectivity index (χ0n) is 16.0. The number of hydrogen-bond donors (Lipinski definition) is 1. The van der Waals surface area contributed by atoms with Gasteiger partial charge in [0.05, 0.1) is 0 Å². The van der Waals surface area contributed by atoms with Crippen molar-refractivity contribution in [3.63, 3.8) is 0 Å². The number of rotatable bonds is 15. The van der Waals surface area contributed by atoms with Gasteiger partial charge in [-0.25, -0.2) is 0 Å². The maximum atomic E-state index is 11.0. The lowest BCUT2D eigenvalue weighted by Gasteiger charge is -2.12. The molecule has 0 rings (SSSR count). The Labute approximate surface area is 162 Å². The van der Waals surface area contributed by atoms with Crippen LogP contribution in [0.3, 0.4) is 0 Å². The summed E-state index contributed by atoms with van der Waals surface area (Å²) in [6.45, 7) is 1.96. The molecule has 148 valence electrons. The van der Waals surface area contributed by atoms with E-state index in [1.54, 1.807) is 18.2 Å². The number of allylic oxidation sites excluding steroid dienone is 10. The van der Waals surface area contributed by atoms with Gasteiger partial charge in [-0.05, 0) is 25.7 Å². The van der Waals surface area contributed by atoms with Crippen LogP contribution < -0.4 is 0 Å². The minimum Gasteiger partial charge on any atom is -0.386 e. The van der Waals surface area contributed by atoms with E-state index in [1.165, 1.54) is 0 Å². The van der Waals surface area contributed by atoms with Crippen molar-refractivity contribution in [3.8, 4) is 0 Å². The molecule has 0 aromatic rings. The number of aldehydes is 1.